The highest BCUT2D eigenvalue weighted by atomic mass is 35.5. The van der Waals surface area contributed by atoms with Gasteiger partial charge in [-0.05, 0) is 31.8 Å². The first-order valence-corrected chi connectivity index (χ1v) is 7.41. The molecule has 2 N–H and O–H groups in total. The molecule has 2 fully saturated rings. The summed E-state index contributed by atoms with van der Waals surface area (Å²) in [6, 6.07) is 0.0679. The van der Waals surface area contributed by atoms with Gasteiger partial charge >= 0.3 is 0 Å². The highest BCUT2D eigenvalue weighted by Crippen LogP contribution is 2.17. The highest BCUT2D eigenvalue weighted by Gasteiger charge is 2.30. The van der Waals surface area contributed by atoms with Gasteiger partial charge in [0.1, 0.15) is 0 Å². The first-order valence-electron chi connectivity index (χ1n) is 7.41. The maximum absolute atomic E-state index is 12.4. The molecule has 0 aromatic heterocycles. The molecule has 0 radical (unpaired) electrons. The Morgan fingerprint density at radius 3 is 2.25 bits per heavy atom. The van der Waals surface area contributed by atoms with Crippen LogP contribution < -0.4 is 10.6 Å². The number of piperidine rings is 1. The Balaban J connectivity index is 0.00000180. The van der Waals surface area contributed by atoms with E-state index in [2.05, 4.69) is 29.4 Å². The fourth-order valence-corrected chi connectivity index (χ4v) is 2.93. The lowest BCUT2D eigenvalue weighted by Crippen LogP contribution is -2.54. The molecule has 0 bridgehead atoms. The van der Waals surface area contributed by atoms with Crippen molar-refractivity contribution in [1.82, 2.24) is 15.5 Å². The molecule has 2 aliphatic rings. The summed E-state index contributed by atoms with van der Waals surface area (Å²) in [5.41, 5.74) is 0. The van der Waals surface area contributed by atoms with E-state index in [1.54, 1.807) is 0 Å². The van der Waals surface area contributed by atoms with E-state index >= 15 is 0 Å². The minimum Gasteiger partial charge on any atom is -0.354 e. The normalized spacial score (nSPS) is 21.4. The van der Waals surface area contributed by atoms with Crippen LogP contribution in [0.3, 0.4) is 0 Å². The molecule has 6 heteroatoms. The van der Waals surface area contributed by atoms with Crippen molar-refractivity contribution in [1.29, 1.82) is 0 Å². The van der Waals surface area contributed by atoms with Gasteiger partial charge in [0.25, 0.3) is 0 Å². The second-order valence-corrected chi connectivity index (χ2v) is 6.05. The third kappa shape index (κ3) is 5.40. The number of nitrogens with zero attached hydrogens (tertiary/aromatic N) is 1. The van der Waals surface area contributed by atoms with Crippen LogP contribution in [0.25, 0.3) is 0 Å². The summed E-state index contributed by atoms with van der Waals surface area (Å²) < 4.78 is 0. The molecule has 120 valence electrons. The Kier molecular flexibility index (Phi) is 9.81. The maximum Gasteiger partial charge on any atom is 0.237 e. The fourth-order valence-electron chi connectivity index (χ4n) is 2.93. The molecule has 20 heavy (non-hydrogen) atoms. The van der Waals surface area contributed by atoms with Crippen LogP contribution in [0, 0.1) is 11.8 Å². The molecule has 4 nitrogen and oxygen atoms in total. The van der Waals surface area contributed by atoms with Crippen LogP contribution in [0.2, 0.25) is 0 Å². The quantitative estimate of drug-likeness (QED) is 0.808. The lowest BCUT2D eigenvalue weighted by Gasteiger charge is -2.36. The zero-order valence-electron chi connectivity index (χ0n) is 12.6. The van der Waals surface area contributed by atoms with E-state index in [0.29, 0.717) is 11.8 Å². The Bertz CT molecular complexity index is 280. The molecule has 2 saturated heterocycles. The predicted molar refractivity (Wildman–Crippen MR) is 87.9 cm³/mol. The first kappa shape index (κ1) is 20.0. The lowest BCUT2D eigenvalue weighted by atomic mass is 9.97. The number of hydrogen-bond donors (Lipinski definition) is 2. The Morgan fingerprint density at radius 2 is 1.80 bits per heavy atom. The van der Waals surface area contributed by atoms with Crippen LogP contribution in [0.5, 0.6) is 0 Å². The van der Waals surface area contributed by atoms with Crippen molar-refractivity contribution in [3.05, 3.63) is 0 Å². The molecular weight excluding hydrogens is 297 g/mol. The van der Waals surface area contributed by atoms with Gasteiger partial charge in [-0.25, -0.2) is 0 Å². The maximum atomic E-state index is 12.4. The van der Waals surface area contributed by atoms with Crippen molar-refractivity contribution < 1.29 is 4.79 Å². The monoisotopic (exact) mass is 325 g/mol. The molecule has 1 amide bonds. The van der Waals surface area contributed by atoms with Crippen molar-refractivity contribution in [3.63, 3.8) is 0 Å². The molecule has 0 spiro atoms. The summed E-state index contributed by atoms with van der Waals surface area (Å²) in [4.78, 5) is 14.7. The van der Waals surface area contributed by atoms with E-state index in [1.165, 1.54) is 19.3 Å². The van der Waals surface area contributed by atoms with Gasteiger partial charge in [0.15, 0.2) is 0 Å². The number of amides is 1. The molecule has 0 aliphatic carbocycles. The molecule has 1 atom stereocenters. The molecule has 1 unspecified atom stereocenters. The molecule has 2 aliphatic heterocycles. The summed E-state index contributed by atoms with van der Waals surface area (Å²) in [5, 5.41) is 6.38. The number of carbonyl (C=O) groups excluding carboxylic acids is 1. The topological polar surface area (TPSA) is 44.4 Å². The van der Waals surface area contributed by atoms with Gasteiger partial charge in [-0.1, -0.05) is 20.3 Å². The van der Waals surface area contributed by atoms with Crippen molar-refractivity contribution in [2.75, 3.05) is 32.7 Å². The number of rotatable bonds is 5. The second-order valence-electron chi connectivity index (χ2n) is 6.05. The van der Waals surface area contributed by atoms with Crippen molar-refractivity contribution in [2.45, 2.75) is 39.2 Å². The van der Waals surface area contributed by atoms with Crippen molar-refractivity contribution in [2.24, 2.45) is 11.8 Å². The number of carbonyl (C=O) groups is 1. The number of halogens is 2. The van der Waals surface area contributed by atoms with Crippen molar-refractivity contribution >= 4 is 30.7 Å². The van der Waals surface area contributed by atoms with E-state index in [0.717, 1.165) is 32.7 Å². The summed E-state index contributed by atoms with van der Waals surface area (Å²) in [7, 11) is 0. The Morgan fingerprint density at radius 1 is 1.20 bits per heavy atom. The second kappa shape index (κ2) is 9.82. The summed E-state index contributed by atoms with van der Waals surface area (Å²) >= 11 is 0. The third-order valence-electron chi connectivity index (χ3n) is 4.12. The van der Waals surface area contributed by atoms with Crippen LogP contribution >= 0.6 is 24.8 Å². The van der Waals surface area contributed by atoms with Gasteiger partial charge in [0, 0.05) is 25.6 Å². The molecule has 0 aromatic rings. The minimum atomic E-state index is 0. The summed E-state index contributed by atoms with van der Waals surface area (Å²) in [6.07, 6.45) is 3.79. The largest absolute Gasteiger partial charge is 0.354 e. The number of likely N-dealkylation sites (tertiary alicyclic amines) is 1. The number of hydrogen-bond acceptors (Lipinski definition) is 3. The molecule has 0 saturated carbocycles. The lowest BCUT2D eigenvalue weighted by molar-refractivity contribution is -0.128. The van der Waals surface area contributed by atoms with E-state index in [1.807, 2.05) is 0 Å². The summed E-state index contributed by atoms with van der Waals surface area (Å²) in [5.74, 6) is 1.27. The first-order chi connectivity index (χ1) is 8.68. The van der Waals surface area contributed by atoms with E-state index in [9.17, 15) is 4.79 Å². The molecule has 0 aromatic carbocycles. The van der Waals surface area contributed by atoms with Gasteiger partial charge in [0.05, 0.1) is 6.04 Å². The van der Waals surface area contributed by atoms with Gasteiger partial charge < -0.3 is 10.6 Å². The molecule has 2 rings (SSSR count). The Labute approximate surface area is 135 Å². The van der Waals surface area contributed by atoms with E-state index < -0.39 is 0 Å². The Hall–Kier alpha value is -0.0300. The summed E-state index contributed by atoms with van der Waals surface area (Å²) in [6.45, 7) is 9.42. The molecular formula is C14H29Cl2N3O. The van der Waals surface area contributed by atoms with E-state index in [4.69, 9.17) is 0 Å². The van der Waals surface area contributed by atoms with Gasteiger partial charge in [-0.2, -0.15) is 0 Å². The highest BCUT2D eigenvalue weighted by molar-refractivity contribution is 5.85. The van der Waals surface area contributed by atoms with Crippen LogP contribution in [-0.2, 0) is 4.79 Å². The van der Waals surface area contributed by atoms with Crippen LogP contribution in [-0.4, -0.2) is 49.6 Å². The zero-order chi connectivity index (χ0) is 13.0. The standard InChI is InChI=1S/C14H27N3O.2ClH/c1-11(2)13(17-6-4-3-5-7-17)14(18)16-10-12-8-15-9-12;;/h11-13,15H,3-10H2,1-2H3,(H,16,18);2*1H. The van der Waals surface area contributed by atoms with Gasteiger partial charge in [-0.15, -0.1) is 24.8 Å². The number of nitrogens with one attached hydrogen (secondary N) is 2. The van der Waals surface area contributed by atoms with Crippen LogP contribution in [0.4, 0.5) is 0 Å². The average Bonchev–Trinajstić information content (AvgIpc) is 2.28. The fraction of sp³-hybridized carbons (Fsp3) is 0.929. The van der Waals surface area contributed by atoms with Crippen molar-refractivity contribution in [3.8, 4) is 0 Å². The van der Waals surface area contributed by atoms with E-state index in [-0.39, 0.29) is 36.8 Å². The SMILES string of the molecule is CC(C)C(C(=O)NCC1CNC1)N1CCCCC1.Cl.Cl. The van der Waals surface area contributed by atoms with Gasteiger partial charge in [0.2, 0.25) is 5.91 Å². The van der Waals surface area contributed by atoms with Crippen LogP contribution in [0.15, 0.2) is 0 Å². The average molecular weight is 326 g/mol. The third-order valence-corrected chi connectivity index (χ3v) is 4.12. The van der Waals surface area contributed by atoms with Crippen LogP contribution in [0.1, 0.15) is 33.1 Å². The zero-order valence-corrected chi connectivity index (χ0v) is 14.2. The minimum absolute atomic E-state index is 0. The van der Waals surface area contributed by atoms with Gasteiger partial charge in [-0.3, -0.25) is 9.69 Å². The smallest absolute Gasteiger partial charge is 0.237 e. The predicted octanol–water partition coefficient (Wildman–Crippen LogP) is 1.68. The molecule has 2 heterocycles.